The fraction of sp³-hybridized carbons (Fsp3) is 0.706. The molecule has 1 saturated carbocycles. The van der Waals surface area contributed by atoms with E-state index in [4.69, 9.17) is 0 Å². The van der Waals surface area contributed by atoms with Gasteiger partial charge in [0, 0.05) is 25.8 Å². The predicted molar refractivity (Wildman–Crippen MR) is 85.4 cm³/mol. The second-order valence-electron chi connectivity index (χ2n) is 6.31. The van der Waals surface area contributed by atoms with E-state index in [2.05, 4.69) is 27.3 Å². The van der Waals surface area contributed by atoms with Crippen LogP contribution in [-0.2, 0) is 0 Å². The molecule has 1 saturated heterocycles. The highest BCUT2D eigenvalue weighted by Gasteiger charge is 2.18. The van der Waals surface area contributed by atoms with Crippen LogP contribution in [0.1, 0.15) is 51.4 Å². The molecule has 2 heterocycles. The minimum absolute atomic E-state index is 0.851. The molecule has 1 aliphatic carbocycles. The summed E-state index contributed by atoms with van der Waals surface area (Å²) in [5.41, 5.74) is 1.23. The zero-order chi connectivity index (χ0) is 13.6. The van der Waals surface area contributed by atoms with Crippen LogP contribution in [0.25, 0.3) is 0 Å². The van der Waals surface area contributed by atoms with Gasteiger partial charge < -0.3 is 10.2 Å². The molecule has 2 aliphatic rings. The molecule has 2 fully saturated rings. The van der Waals surface area contributed by atoms with Crippen LogP contribution in [0.15, 0.2) is 18.3 Å². The molecule has 1 aliphatic heterocycles. The molecular weight excluding hydrogens is 246 g/mol. The largest absolute Gasteiger partial charge is 0.382 e. The predicted octanol–water partition coefficient (Wildman–Crippen LogP) is 4.06. The van der Waals surface area contributed by atoms with Crippen molar-refractivity contribution < 1.29 is 0 Å². The van der Waals surface area contributed by atoms with Gasteiger partial charge in [-0.25, -0.2) is 4.98 Å². The first-order valence-corrected chi connectivity index (χ1v) is 8.37. The highest BCUT2D eigenvalue weighted by molar-refractivity contribution is 5.65. The van der Waals surface area contributed by atoms with Crippen molar-refractivity contribution in [3.63, 3.8) is 0 Å². The van der Waals surface area contributed by atoms with Gasteiger partial charge in [-0.1, -0.05) is 25.7 Å². The molecule has 0 spiro atoms. The molecule has 0 unspecified atom stereocenters. The van der Waals surface area contributed by atoms with Gasteiger partial charge in [0.25, 0.3) is 0 Å². The number of anilines is 2. The van der Waals surface area contributed by atoms with E-state index in [0.717, 1.165) is 25.6 Å². The SMILES string of the molecule is c1cnc(N2CCCC2)c(NCC2CCCCCC2)c1. The lowest BCUT2D eigenvalue weighted by molar-refractivity contribution is 0.483. The molecule has 1 aromatic heterocycles. The van der Waals surface area contributed by atoms with Crippen LogP contribution in [-0.4, -0.2) is 24.6 Å². The van der Waals surface area contributed by atoms with Gasteiger partial charge in [-0.15, -0.1) is 0 Å². The Labute approximate surface area is 122 Å². The van der Waals surface area contributed by atoms with Gasteiger partial charge in [-0.3, -0.25) is 0 Å². The van der Waals surface area contributed by atoms with Crippen molar-refractivity contribution in [1.29, 1.82) is 0 Å². The molecule has 0 radical (unpaired) electrons. The number of nitrogens with zero attached hydrogens (tertiary/aromatic N) is 2. The Bertz CT molecular complexity index is 404. The summed E-state index contributed by atoms with van der Waals surface area (Å²) in [7, 11) is 0. The highest BCUT2D eigenvalue weighted by atomic mass is 15.2. The van der Waals surface area contributed by atoms with E-state index in [0.29, 0.717) is 0 Å². The summed E-state index contributed by atoms with van der Waals surface area (Å²) < 4.78 is 0. The molecule has 20 heavy (non-hydrogen) atoms. The minimum Gasteiger partial charge on any atom is -0.382 e. The Kier molecular flexibility index (Phi) is 4.77. The lowest BCUT2D eigenvalue weighted by Crippen LogP contribution is -2.22. The number of hydrogen-bond acceptors (Lipinski definition) is 3. The maximum Gasteiger partial charge on any atom is 0.151 e. The van der Waals surface area contributed by atoms with Crippen LogP contribution in [0.3, 0.4) is 0 Å². The second kappa shape index (κ2) is 6.96. The molecular formula is C17H27N3. The summed E-state index contributed by atoms with van der Waals surface area (Å²) in [5.74, 6) is 2.02. The van der Waals surface area contributed by atoms with E-state index < -0.39 is 0 Å². The van der Waals surface area contributed by atoms with Gasteiger partial charge in [0.2, 0.25) is 0 Å². The average Bonchev–Trinajstić information content (AvgIpc) is 2.89. The normalized spacial score (nSPS) is 20.9. The van der Waals surface area contributed by atoms with Crippen molar-refractivity contribution in [2.75, 3.05) is 29.9 Å². The van der Waals surface area contributed by atoms with Gasteiger partial charge >= 0.3 is 0 Å². The zero-order valence-electron chi connectivity index (χ0n) is 12.5. The second-order valence-corrected chi connectivity index (χ2v) is 6.31. The van der Waals surface area contributed by atoms with Crippen molar-refractivity contribution in [3.8, 4) is 0 Å². The Morgan fingerprint density at radius 1 is 1.05 bits per heavy atom. The number of pyridine rings is 1. The van der Waals surface area contributed by atoms with Crippen molar-refractivity contribution in [3.05, 3.63) is 18.3 Å². The molecule has 3 rings (SSSR count). The molecule has 0 bridgehead atoms. The topological polar surface area (TPSA) is 28.2 Å². The van der Waals surface area contributed by atoms with Crippen molar-refractivity contribution >= 4 is 11.5 Å². The van der Waals surface area contributed by atoms with Gasteiger partial charge in [-0.05, 0) is 43.7 Å². The van der Waals surface area contributed by atoms with E-state index in [1.807, 2.05) is 6.20 Å². The zero-order valence-corrected chi connectivity index (χ0v) is 12.5. The first kappa shape index (κ1) is 13.7. The monoisotopic (exact) mass is 273 g/mol. The lowest BCUT2D eigenvalue weighted by atomic mass is 10.0. The number of rotatable bonds is 4. The van der Waals surface area contributed by atoms with Gasteiger partial charge in [0.05, 0.1) is 5.69 Å². The van der Waals surface area contributed by atoms with E-state index in [1.165, 1.54) is 62.9 Å². The molecule has 1 N–H and O–H groups in total. The molecule has 110 valence electrons. The summed E-state index contributed by atoms with van der Waals surface area (Å²) in [6, 6.07) is 4.24. The Morgan fingerprint density at radius 2 is 1.80 bits per heavy atom. The van der Waals surface area contributed by atoms with E-state index >= 15 is 0 Å². The third kappa shape index (κ3) is 3.44. The van der Waals surface area contributed by atoms with Crippen LogP contribution in [0.4, 0.5) is 11.5 Å². The van der Waals surface area contributed by atoms with E-state index in [1.54, 1.807) is 0 Å². The van der Waals surface area contributed by atoms with Gasteiger partial charge in [-0.2, -0.15) is 0 Å². The van der Waals surface area contributed by atoms with Crippen molar-refractivity contribution in [2.24, 2.45) is 5.92 Å². The van der Waals surface area contributed by atoms with Crippen molar-refractivity contribution in [1.82, 2.24) is 4.98 Å². The molecule has 0 atom stereocenters. The standard InChI is InChI=1S/C17H27N3/c1-2-4-9-15(8-3-1)14-19-16-10-7-11-18-17(16)20-12-5-6-13-20/h7,10-11,15,19H,1-6,8-9,12-14H2. The maximum absolute atomic E-state index is 4.61. The third-order valence-electron chi connectivity index (χ3n) is 4.75. The number of nitrogens with one attached hydrogen (secondary N) is 1. The molecule has 3 heteroatoms. The van der Waals surface area contributed by atoms with E-state index in [-0.39, 0.29) is 0 Å². The Morgan fingerprint density at radius 3 is 2.55 bits per heavy atom. The first-order chi connectivity index (χ1) is 9.93. The molecule has 0 amide bonds. The van der Waals surface area contributed by atoms with Gasteiger partial charge in [0.1, 0.15) is 0 Å². The van der Waals surface area contributed by atoms with Crippen LogP contribution < -0.4 is 10.2 Å². The summed E-state index contributed by atoms with van der Waals surface area (Å²) >= 11 is 0. The quantitative estimate of drug-likeness (QED) is 0.838. The summed E-state index contributed by atoms with van der Waals surface area (Å²) in [4.78, 5) is 7.03. The molecule has 0 aromatic carbocycles. The highest BCUT2D eigenvalue weighted by Crippen LogP contribution is 2.28. The average molecular weight is 273 g/mol. The summed E-state index contributed by atoms with van der Waals surface area (Å²) in [5, 5.41) is 3.68. The lowest BCUT2D eigenvalue weighted by Gasteiger charge is -2.22. The number of hydrogen-bond donors (Lipinski definition) is 1. The fourth-order valence-corrected chi connectivity index (χ4v) is 3.54. The van der Waals surface area contributed by atoms with E-state index in [9.17, 15) is 0 Å². The van der Waals surface area contributed by atoms with Crippen LogP contribution in [0.2, 0.25) is 0 Å². The molecule has 1 aromatic rings. The first-order valence-electron chi connectivity index (χ1n) is 8.37. The fourth-order valence-electron chi connectivity index (χ4n) is 3.54. The summed E-state index contributed by atoms with van der Waals surface area (Å²) in [6.45, 7) is 3.44. The van der Waals surface area contributed by atoms with Crippen LogP contribution in [0, 0.1) is 5.92 Å². The Hall–Kier alpha value is -1.25. The van der Waals surface area contributed by atoms with Gasteiger partial charge in [0.15, 0.2) is 5.82 Å². The number of aromatic nitrogens is 1. The minimum atomic E-state index is 0.851. The Balaban J connectivity index is 1.61. The third-order valence-corrected chi connectivity index (χ3v) is 4.75. The summed E-state index contributed by atoms with van der Waals surface area (Å²) in [6.07, 6.45) is 13.0. The van der Waals surface area contributed by atoms with Crippen LogP contribution in [0.5, 0.6) is 0 Å². The molecule has 3 nitrogen and oxygen atoms in total. The smallest absolute Gasteiger partial charge is 0.151 e. The maximum atomic E-state index is 4.61. The van der Waals surface area contributed by atoms with Crippen molar-refractivity contribution in [2.45, 2.75) is 51.4 Å². The van der Waals surface area contributed by atoms with Crippen LogP contribution >= 0.6 is 0 Å².